The molecule has 0 bridgehead atoms. The van der Waals surface area contributed by atoms with Gasteiger partial charge in [-0.1, -0.05) is 27.3 Å². The Kier molecular flexibility index (Phi) is 5.58. The summed E-state index contributed by atoms with van der Waals surface area (Å²) in [4.78, 5) is -0.0931. The SMILES string of the molecule is Cl.O=S(=O)(Nc1nnc(C(F)(F)F)s1)c1ccc(Br)cc1. The van der Waals surface area contributed by atoms with Gasteiger partial charge < -0.3 is 0 Å². The molecule has 2 aromatic rings. The number of hydrogen-bond acceptors (Lipinski definition) is 5. The first-order chi connectivity index (χ1) is 9.18. The highest BCUT2D eigenvalue weighted by atomic mass is 79.9. The molecule has 1 aromatic heterocycles. The molecule has 0 saturated carbocycles. The Labute approximate surface area is 136 Å². The van der Waals surface area contributed by atoms with E-state index in [1.807, 2.05) is 4.72 Å². The van der Waals surface area contributed by atoms with Crippen LogP contribution < -0.4 is 4.72 Å². The molecule has 0 amide bonds. The van der Waals surface area contributed by atoms with E-state index in [1.54, 1.807) is 0 Å². The highest BCUT2D eigenvalue weighted by molar-refractivity contribution is 9.10. The molecule has 2 rings (SSSR count). The zero-order valence-electron chi connectivity index (χ0n) is 9.76. The van der Waals surface area contributed by atoms with Crippen LogP contribution in [0.25, 0.3) is 0 Å². The van der Waals surface area contributed by atoms with Gasteiger partial charge in [-0.2, -0.15) is 13.2 Å². The van der Waals surface area contributed by atoms with Gasteiger partial charge in [0.15, 0.2) is 0 Å². The van der Waals surface area contributed by atoms with Crippen molar-refractivity contribution in [2.45, 2.75) is 11.1 Å². The quantitative estimate of drug-likeness (QED) is 0.818. The van der Waals surface area contributed by atoms with Crippen molar-refractivity contribution in [3.63, 3.8) is 0 Å². The normalized spacial score (nSPS) is 11.8. The Morgan fingerprint density at radius 3 is 2.19 bits per heavy atom. The van der Waals surface area contributed by atoms with Crippen molar-refractivity contribution in [3.8, 4) is 0 Å². The zero-order chi connectivity index (χ0) is 15.0. The topological polar surface area (TPSA) is 72.0 Å². The molecule has 1 aromatic carbocycles. The van der Waals surface area contributed by atoms with E-state index in [9.17, 15) is 21.6 Å². The molecule has 0 unspecified atom stereocenters. The monoisotopic (exact) mass is 423 g/mol. The highest BCUT2D eigenvalue weighted by Gasteiger charge is 2.36. The summed E-state index contributed by atoms with van der Waals surface area (Å²) in [5.74, 6) is 0. The summed E-state index contributed by atoms with van der Waals surface area (Å²) in [7, 11) is -3.99. The summed E-state index contributed by atoms with van der Waals surface area (Å²) in [5.41, 5.74) is 0. The lowest BCUT2D eigenvalue weighted by atomic mass is 10.4. The van der Waals surface area contributed by atoms with Crippen LogP contribution in [0.1, 0.15) is 5.01 Å². The number of benzene rings is 1. The lowest BCUT2D eigenvalue weighted by molar-refractivity contribution is -0.138. The summed E-state index contributed by atoms with van der Waals surface area (Å²) >= 11 is 3.26. The van der Waals surface area contributed by atoms with Crippen molar-refractivity contribution < 1.29 is 21.6 Å². The highest BCUT2D eigenvalue weighted by Crippen LogP contribution is 2.33. The van der Waals surface area contributed by atoms with Gasteiger partial charge in [-0.15, -0.1) is 22.6 Å². The van der Waals surface area contributed by atoms with Crippen LogP contribution in [-0.2, 0) is 16.2 Å². The third-order valence-corrected chi connectivity index (χ3v) is 4.91. The molecule has 1 N–H and O–H groups in total. The van der Waals surface area contributed by atoms with Gasteiger partial charge in [0.05, 0.1) is 4.90 Å². The fourth-order valence-electron chi connectivity index (χ4n) is 1.17. The lowest BCUT2D eigenvalue weighted by Crippen LogP contribution is -2.12. The minimum absolute atomic E-state index is 0. The molecule has 5 nitrogen and oxygen atoms in total. The van der Waals surface area contributed by atoms with Gasteiger partial charge in [0.2, 0.25) is 10.1 Å². The van der Waals surface area contributed by atoms with Crippen LogP contribution in [0.5, 0.6) is 0 Å². The molecule has 0 radical (unpaired) electrons. The third-order valence-electron chi connectivity index (χ3n) is 2.01. The number of hydrogen-bond donors (Lipinski definition) is 1. The summed E-state index contributed by atoms with van der Waals surface area (Å²) in [6.07, 6.45) is -4.65. The van der Waals surface area contributed by atoms with Crippen LogP contribution in [0.2, 0.25) is 0 Å². The van der Waals surface area contributed by atoms with Crippen molar-refractivity contribution >= 4 is 54.8 Å². The number of nitrogens with zero attached hydrogens (tertiary/aromatic N) is 2. The molecular formula is C9H6BrClF3N3O2S2. The maximum absolute atomic E-state index is 12.3. The molecule has 12 heteroatoms. The van der Waals surface area contributed by atoms with Crippen LogP contribution in [0.4, 0.5) is 18.3 Å². The largest absolute Gasteiger partial charge is 0.445 e. The first-order valence-corrected chi connectivity index (χ1v) is 7.97. The van der Waals surface area contributed by atoms with Gasteiger partial charge in [-0.25, -0.2) is 8.42 Å². The average Bonchev–Trinajstić information content (AvgIpc) is 2.77. The van der Waals surface area contributed by atoms with Crippen molar-refractivity contribution in [1.82, 2.24) is 10.2 Å². The number of rotatable bonds is 3. The Morgan fingerprint density at radius 2 is 1.71 bits per heavy atom. The minimum atomic E-state index is -4.65. The summed E-state index contributed by atoms with van der Waals surface area (Å²) < 4.78 is 63.4. The van der Waals surface area contributed by atoms with Crippen LogP contribution in [0.3, 0.4) is 0 Å². The number of alkyl halides is 3. The second kappa shape index (κ2) is 6.46. The number of sulfonamides is 1. The number of anilines is 1. The van der Waals surface area contributed by atoms with Gasteiger partial charge in [0.1, 0.15) is 0 Å². The lowest BCUT2D eigenvalue weighted by Gasteiger charge is -2.04. The van der Waals surface area contributed by atoms with Crippen LogP contribution in [-0.4, -0.2) is 18.6 Å². The average molecular weight is 425 g/mol. The second-order valence-corrected chi connectivity index (χ2v) is 7.05. The Bertz CT molecular complexity index is 719. The number of halogens is 5. The molecule has 21 heavy (non-hydrogen) atoms. The first-order valence-electron chi connectivity index (χ1n) is 4.87. The summed E-state index contributed by atoms with van der Waals surface area (Å²) in [6, 6.07) is 5.60. The zero-order valence-corrected chi connectivity index (χ0v) is 13.8. The second-order valence-electron chi connectivity index (χ2n) is 3.47. The van der Waals surface area contributed by atoms with Crippen molar-refractivity contribution in [3.05, 3.63) is 33.7 Å². The van der Waals surface area contributed by atoms with E-state index in [0.29, 0.717) is 4.47 Å². The van der Waals surface area contributed by atoms with E-state index >= 15 is 0 Å². The van der Waals surface area contributed by atoms with Crippen LogP contribution >= 0.6 is 39.7 Å². The van der Waals surface area contributed by atoms with Gasteiger partial charge in [-0.3, -0.25) is 4.72 Å². The maximum Gasteiger partial charge on any atom is 0.445 e. The van der Waals surface area contributed by atoms with Crippen molar-refractivity contribution in [1.29, 1.82) is 0 Å². The van der Waals surface area contributed by atoms with E-state index in [0.717, 1.165) is 0 Å². The van der Waals surface area contributed by atoms with Crippen molar-refractivity contribution in [2.24, 2.45) is 0 Å². The molecule has 0 saturated heterocycles. The van der Waals surface area contributed by atoms with E-state index in [1.165, 1.54) is 24.3 Å². The van der Waals surface area contributed by atoms with E-state index in [4.69, 9.17) is 0 Å². The Hall–Kier alpha value is -0.910. The molecule has 0 atom stereocenters. The number of aromatic nitrogens is 2. The van der Waals surface area contributed by atoms with Crippen molar-refractivity contribution in [2.75, 3.05) is 4.72 Å². The van der Waals surface area contributed by atoms with E-state index in [-0.39, 0.29) is 28.6 Å². The predicted octanol–water partition coefficient (Wildman–Crippen LogP) is 3.54. The van der Waals surface area contributed by atoms with E-state index in [2.05, 4.69) is 26.1 Å². The van der Waals surface area contributed by atoms with E-state index < -0.39 is 26.3 Å². The van der Waals surface area contributed by atoms with Gasteiger partial charge in [0.25, 0.3) is 10.0 Å². The Balaban J connectivity index is 0.00000220. The standard InChI is InChI=1S/C9H5BrF3N3O2S2.ClH/c10-5-1-3-6(4-2-5)20(17,18)16-8-15-14-7(19-8)9(11,12)13;/h1-4H,(H,15,16);1H. The first kappa shape index (κ1) is 18.1. The summed E-state index contributed by atoms with van der Waals surface area (Å²) in [5, 5.41) is 4.39. The van der Waals surface area contributed by atoms with Crippen LogP contribution in [0, 0.1) is 0 Å². The molecule has 116 valence electrons. The minimum Gasteiger partial charge on any atom is -0.253 e. The van der Waals surface area contributed by atoms with Crippen LogP contribution in [0.15, 0.2) is 33.6 Å². The molecular weight excluding hydrogens is 419 g/mol. The molecule has 0 spiro atoms. The third kappa shape index (κ3) is 4.53. The molecule has 1 heterocycles. The van der Waals surface area contributed by atoms with Gasteiger partial charge in [-0.05, 0) is 24.3 Å². The molecule has 0 fully saturated rings. The molecule has 0 aliphatic rings. The van der Waals surface area contributed by atoms with Gasteiger partial charge >= 0.3 is 6.18 Å². The smallest absolute Gasteiger partial charge is 0.253 e. The van der Waals surface area contributed by atoms with Gasteiger partial charge in [0, 0.05) is 4.47 Å². The fraction of sp³-hybridized carbons (Fsp3) is 0.111. The molecule has 0 aliphatic heterocycles. The number of nitrogens with one attached hydrogen (secondary N) is 1. The maximum atomic E-state index is 12.3. The predicted molar refractivity (Wildman–Crippen MR) is 77.1 cm³/mol. The summed E-state index contributed by atoms with van der Waals surface area (Å²) in [6.45, 7) is 0. The Morgan fingerprint density at radius 1 is 1.14 bits per heavy atom. The molecule has 0 aliphatic carbocycles. The fourth-order valence-corrected chi connectivity index (χ4v) is 3.27.